The van der Waals surface area contributed by atoms with Crippen LogP contribution >= 0.6 is 0 Å². The summed E-state index contributed by atoms with van der Waals surface area (Å²) in [5.41, 5.74) is 0.798. The number of carbonyl (C=O) groups is 1. The molecule has 17 heavy (non-hydrogen) atoms. The standard InChI is InChI=1S/C11H14O5S/c1-15-11(12)10(16-17(2,13)14)8-9-6-4-3-5-7-9/h3-7,10H,8H2,1-2H3/t10-/m0/s1. The number of benzene rings is 1. The zero-order valence-electron chi connectivity index (χ0n) is 9.62. The van der Waals surface area contributed by atoms with Gasteiger partial charge in [-0.25, -0.2) is 4.79 Å². The van der Waals surface area contributed by atoms with Crippen LogP contribution in [-0.2, 0) is 30.3 Å². The Balaban J connectivity index is 2.81. The summed E-state index contributed by atoms with van der Waals surface area (Å²) in [5, 5.41) is 0. The zero-order valence-corrected chi connectivity index (χ0v) is 10.4. The summed E-state index contributed by atoms with van der Waals surface area (Å²) in [5.74, 6) is -0.709. The van der Waals surface area contributed by atoms with Crippen LogP contribution in [0.3, 0.4) is 0 Å². The van der Waals surface area contributed by atoms with Gasteiger partial charge in [0, 0.05) is 6.42 Å². The number of hydrogen-bond donors (Lipinski definition) is 0. The molecule has 0 aliphatic carbocycles. The molecular weight excluding hydrogens is 244 g/mol. The highest BCUT2D eigenvalue weighted by atomic mass is 32.2. The van der Waals surface area contributed by atoms with Crippen LogP contribution in [0.5, 0.6) is 0 Å². The van der Waals surface area contributed by atoms with Gasteiger partial charge >= 0.3 is 5.97 Å². The SMILES string of the molecule is COC(=O)[C@H](Cc1ccccc1)OS(C)(=O)=O. The van der Waals surface area contributed by atoms with Gasteiger partial charge in [0.25, 0.3) is 10.1 Å². The number of methoxy groups -OCH3 is 1. The molecule has 0 saturated heterocycles. The molecule has 0 aliphatic heterocycles. The maximum atomic E-state index is 11.4. The molecule has 0 N–H and O–H groups in total. The Bertz CT molecular complexity index is 466. The van der Waals surface area contributed by atoms with E-state index in [1.165, 1.54) is 7.11 Å². The summed E-state index contributed by atoms with van der Waals surface area (Å²) >= 11 is 0. The summed E-state index contributed by atoms with van der Waals surface area (Å²) in [6, 6.07) is 8.98. The van der Waals surface area contributed by atoms with E-state index in [0.29, 0.717) is 0 Å². The van der Waals surface area contributed by atoms with Crippen molar-refractivity contribution in [2.75, 3.05) is 13.4 Å². The molecular formula is C11H14O5S. The molecule has 1 aromatic rings. The van der Waals surface area contributed by atoms with Gasteiger partial charge < -0.3 is 4.74 Å². The fourth-order valence-corrected chi connectivity index (χ4v) is 1.90. The minimum Gasteiger partial charge on any atom is -0.467 e. The molecule has 0 aliphatic rings. The lowest BCUT2D eigenvalue weighted by atomic mass is 10.1. The predicted octanol–water partition coefficient (Wildman–Crippen LogP) is 0.747. The topological polar surface area (TPSA) is 69.7 Å². The molecule has 0 unspecified atom stereocenters. The van der Waals surface area contributed by atoms with E-state index in [1.807, 2.05) is 6.07 Å². The van der Waals surface area contributed by atoms with E-state index >= 15 is 0 Å². The minimum absolute atomic E-state index is 0.153. The second-order valence-corrected chi connectivity index (χ2v) is 5.10. The number of carbonyl (C=O) groups excluding carboxylic acids is 1. The molecule has 0 saturated carbocycles. The number of esters is 1. The Morgan fingerprint density at radius 1 is 1.29 bits per heavy atom. The molecule has 0 amide bonds. The fourth-order valence-electron chi connectivity index (χ4n) is 1.33. The average molecular weight is 258 g/mol. The molecule has 0 spiro atoms. The third-order valence-electron chi connectivity index (χ3n) is 2.02. The first-order valence-electron chi connectivity index (χ1n) is 4.92. The first kappa shape index (κ1) is 13.7. The molecule has 6 heteroatoms. The molecule has 0 heterocycles. The number of rotatable bonds is 5. The van der Waals surface area contributed by atoms with Crippen molar-refractivity contribution in [1.82, 2.24) is 0 Å². The van der Waals surface area contributed by atoms with Crippen molar-refractivity contribution in [2.24, 2.45) is 0 Å². The summed E-state index contributed by atoms with van der Waals surface area (Å²) in [6.07, 6.45) is -0.0912. The lowest BCUT2D eigenvalue weighted by Crippen LogP contribution is -2.30. The number of ether oxygens (including phenoxy) is 1. The van der Waals surface area contributed by atoms with Gasteiger partial charge in [-0.3, -0.25) is 4.18 Å². The lowest BCUT2D eigenvalue weighted by molar-refractivity contribution is -0.148. The van der Waals surface area contributed by atoms with Gasteiger partial charge in [0.2, 0.25) is 0 Å². The van der Waals surface area contributed by atoms with E-state index in [9.17, 15) is 13.2 Å². The molecule has 1 aromatic carbocycles. The van der Waals surface area contributed by atoms with Gasteiger partial charge in [-0.05, 0) is 5.56 Å². The summed E-state index contributed by atoms with van der Waals surface area (Å²) in [6.45, 7) is 0. The third-order valence-corrected chi connectivity index (χ3v) is 2.60. The van der Waals surface area contributed by atoms with Gasteiger partial charge in [-0.15, -0.1) is 0 Å². The first-order valence-corrected chi connectivity index (χ1v) is 6.74. The molecule has 0 radical (unpaired) electrons. The second-order valence-electron chi connectivity index (χ2n) is 3.50. The van der Waals surface area contributed by atoms with Crippen LogP contribution in [-0.4, -0.2) is 33.9 Å². The summed E-state index contributed by atoms with van der Waals surface area (Å²) < 4.78 is 31.2. The van der Waals surface area contributed by atoms with Crippen molar-refractivity contribution >= 4 is 16.1 Å². The molecule has 1 rings (SSSR count). The van der Waals surface area contributed by atoms with Crippen molar-refractivity contribution < 1.29 is 22.1 Å². The van der Waals surface area contributed by atoms with E-state index in [1.54, 1.807) is 24.3 Å². The van der Waals surface area contributed by atoms with Gasteiger partial charge in [-0.1, -0.05) is 30.3 Å². The van der Waals surface area contributed by atoms with Gasteiger partial charge in [0.1, 0.15) is 0 Å². The average Bonchev–Trinajstić information content (AvgIpc) is 2.27. The van der Waals surface area contributed by atoms with Crippen molar-refractivity contribution in [1.29, 1.82) is 0 Å². The molecule has 0 bridgehead atoms. The van der Waals surface area contributed by atoms with Crippen molar-refractivity contribution in [3.8, 4) is 0 Å². The van der Waals surface area contributed by atoms with Gasteiger partial charge in [0.15, 0.2) is 6.10 Å². The van der Waals surface area contributed by atoms with E-state index in [2.05, 4.69) is 4.74 Å². The Kier molecular flexibility index (Phi) is 4.65. The lowest BCUT2D eigenvalue weighted by Gasteiger charge is -2.13. The highest BCUT2D eigenvalue weighted by molar-refractivity contribution is 7.86. The minimum atomic E-state index is -3.70. The van der Waals surface area contributed by atoms with Crippen LogP contribution in [0, 0.1) is 0 Å². The monoisotopic (exact) mass is 258 g/mol. The quantitative estimate of drug-likeness (QED) is 0.575. The van der Waals surface area contributed by atoms with Crippen LogP contribution in [0.25, 0.3) is 0 Å². The van der Waals surface area contributed by atoms with Crippen LogP contribution in [0.2, 0.25) is 0 Å². The first-order chi connectivity index (χ1) is 7.92. The molecule has 5 nitrogen and oxygen atoms in total. The Morgan fingerprint density at radius 2 is 1.88 bits per heavy atom. The normalized spacial score (nSPS) is 13.1. The van der Waals surface area contributed by atoms with Crippen LogP contribution in [0.15, 0.2) is 30.3 Å². The molecule has 1 atom stereocenters. The van der Waals surface area contributed by atoms with Crippen molar-refractivity contribution in [3.05, 3.63) is 35.9 Å². The largest absolute Gasteiger partial charge is 0.467 e. The Labute approximate surface area is 100 Å². The molecule has 94 valence electrons. The predicted molar refractivity (Wildman–Crippen MR) is 61.9 cm³/mol. The highest BCUT2D eigenvalue weighted by Gasteiger charge is 2.24. The van der Waals surface area contributed by atoms with Crippen molar-refractivity contribution in [3.63, 3.8) is 0 Å². The highest BCUT2D eigenvalue weighted by Crippen LogP contribution is 2.09. The maximum absolute atomic E-state index is 11.4. The molecule has 0 aromatic heterocycles. The van der Waals surface area contributed by atoms with Gasteiger partial charge in [0.05, 0.1) is 13.4 Å². The molecule has 0 fully saturated rings. The van der Waals surface area contributed by atoms with E-state index in [-0.39, 0.29) is 6.42 Å². The fraction of sp³-hybridized carbons (Fsp3) is 0.364. The smallest absolute Gasteiger partial charge is 0.336 e. The van der Waals surface area contributed by atoms with E-state index in [4.69, 9.17) is 4.18 Å². The van der Waals surface area contributed by atoms with Crippen LogP contribution in [0.1, 0.15) is 5.56 Å². The van der Waals surface area contributed by atoms with Crippen LogP contribution < -0.4 is 0 Å². The summed E-state index contributed by atoms with van der Waals surface area (Å²) in [4.78, 5) is 11.4. The van der Waals surface area contributed by atoms with E-state index < -0.39 is 22.2 Å². The second kappa shape index (κ2) is 5.79. The maximum Gasteiger partial charge on any atom is 0.336 e. The van der Waals surface area contributed by atoms with Crippen LogP contribution in [0.4, 0.5) is 0 Å². The Morgan fingerprint density at radius 3 is 2.35 bits per heavy atom. The Hall–Kier alpha value is -1.40. The van der Waals surface area contributed by atoms with Crippen molar-refractivity contribution in [2.45, 2.75) is 12.5 Å². The number of hydrogen-bond acceptors (Lipinski definition) is 5. The zero-order chi connectivity index (χ0) is 12.9. The van der Waals surface area contributed by atoms with E-state index in [0.717, 1.165) is 11.8 Å². The summed E-state index contributed by atoms with van der Waals surface area (Å²) in [7, 11) is -2.51. The third kappa shape index (κ3) is 4.97. The van der Waals surface area contributed by atoms with Gasteiger partial charge in [-0.2, -0.15) is 8.42 Å².